The molecule has 1 aromatic carbocycles. The van der Waals surface area contributed by atoms with E-state index in [1.165, 1.54) is 18.2 Å². The van der Waals surface area contributed by atoms with Gasteiger partial charge >= 0.3 is 12.1 Å². The number of halogens is 3. The SMILES string of the molecule is N#Cc1ccc2c(c1)CC(C(=O)O)C(C(F)(F)F)N2. The zero-order chi connectivity index (χ0) is 14.2. The molecule has 0 spiro atoms. The van der Waals surface area contributed by atoms with Crippen molar-refractivity contribution in [3.05, 3.63) is 29.3 Å². The van der Waals surface area contributed by atoms with Gasteiger partial charge in [0.1, 0.15) is 6.04 Å². The lowest BCUT2D eigenvalue weighted by Crippen LogP contribution is -2.49. The van der Waals surface area contributed by atoms with Crippen molar-refractivity contribution in [2.75, 3.05) is 5.32 Å². The number of fused-ring (bicyclic) bond motifs is 1. The van der Waals surface area contributed by atoms with Crippen LogP contribution in [0.4, 0.5) is 18.9 Å². The maximum Gasteiger partial charge on any atom is 0.409 e. The molecule has 0 aromatic heterocycles. The van der Waals surface area contributed by atoms with Gasteiger partial charge in [-0.05, 0) is 30.2 Å². The molecule has 0 saturated carbocycles. The van der Waals surface area contributed by atoms with E-state index in [2.05, 4.69) is 5.32 Å². The Hall–Kier alpha value is -2.23. The molecular weight excluding hydrogens is 261 g/mol. The fourth-order valence-corrected chi connectivity index (χ4v) is 2.14. The highest BCUT2D eigenvalue weighted by atomic mass is 19.4. The van der Waals surface area contributed by atoms with E-state index < -0.39 is 24.1 Å². The summed E-state index contributed by atoms with van der Waals surface area (Å²) >= 11 is 0. The summed E-state index contributed by atoms with van der Waals surface area (Å²) in [4.78, 5) is 11.0. The number of anilines is 1. The molecule has 0 saturated heterocycles. The van der Waals surface area contributed by atoms with Gasteiger partial charge in [0.25, 0.3) is 0 Å². The van der Waals surface area contributed by atoms with Gasteiger partial charge in [-0.3, -0.25) is 4.79 Å². The molecule has 1 aliphatic heterocycles. The van der Waals surface area contributed by atoms with Gasteiger partial charge < -0.3 is 10.4 Å². The predicted molar refractivity (Wildman–Crippen MR) is 59.5 cm³/mol. The van der Waals surface area contributed by atoms with Crippen LogP contribution in [0.25, 0.3) is 0 Å². The summed E-state index contributed by atoms with van der Waals surface area (Å²) in [5, 5.41) is 19.9. The van der Waals surface area contributed by atoms with Gasteiger partial charge in [0.2, 0.25) is 0 Å². The third kappa shape index (κ3) is 2.47. The average Bonchev–Trinajstić information content (AvgIpc) is 2.35. The number of carboxylic acids is 1. The number of rotatable bonds is 1. The van der Waals surface area contributed by atoms with Crippen LogP contribution in [0.5, 0.6) is 0 Å². The Bertz CT molecular complexity index is 563. The topological polar surface area (TPSA) is 73.1 Å². The molecule has 4 nitrogen and oxygen atoms in total. The number of carboxylic acid groups (broad SMARTS) is 1. The van der Waals surface area contributed by atoms with E-state index in [0.717, 1.165) is 0 Å². The lowest BCUT2D eigenvalue weighted by molar-refractivity contribution is -0.169. The van der Waals surface area contributed by atoms with E-state index in [0.29, 0.717) is 5.56 Å². The molecule has 19 heavy (non-hydrogen) atoms. The van der Waals surface area contributed by atoms with Gasteiger partial charge in [-0.15, -0.1) is 0 Å². The largest absolute Gasteiger partial charge is 0.481 e. The number of nitrogens with zero attached hydrogens (tertiary/aromatic N) is 1. The molecule has 0 fully saturated rings. The number of carbonyl (C=O) groups is 1. The molecule has 2 atom stereocenters. The maximum atomic E-state index is 12.8. The van der Waals surface area contributed by atoms with Crippen LogP contribution in [0.2, 0.25) is 0 Å². The fourth-order valence-electron chi connectivity index (χ4n) is 2.14. The van der Waals surface area contributed by atoms with Crippen molar-refractivity contribution in [3.63, 3.8) is 0 Å². The summed E-state index contributed by atoms with van der Waals surface area (Å²) in [6.07, 6.45) is -4.90. The minimum Gasteiger partial charge on any atom is -0.481 e. The number of nitriles is 1. The van der Waals surface area contributed by atoms with Gasteiger partial charge in [0.15, 0.2) is 0 Å². The minimum absolute atomic E-state index is 0.221. The third-order valence-corrected chi connectivity index (χ3v) is 3.06. The van der Waals surface area contributed by atoms with Gasteiger partial charge in [-0.2, -0.15) is 18.4 Å². The lowest BCUT2D eigenvalue weighted by atomic mass is 9.86. The van der Waals surface area contributed by atoms with Crippen LogP contribution in [0.3, 0.4) is 0 Å². The second kappa shape index (κ2) is 4.46. The first-order valence-electron chi connectivity index (χ1n) is 5.42. The van der Waals surface area contributed by atoms with Gasteiger partial charge in [0.05, 0.1) is 17.6 Å². The van der Waals surface area contributed by atoms with Crippen LogP contribution in [0.1, 0.15) is 11.1 Å². The van der Waals surface area contributed by atoms with Crippen molar-refractivity contribution in [2.24, 2.45) is 5.92 Å². The summed E-state index contributed by atoms with van der Waals surface area (Å²) in [6, 6.07) is 3.91. The zero-order valence-corrected chi connectivity index (χ0v) is 9.53. The van der Waals surface area contributed by atoms with Gasteiger partial charge in [-0.25, -0.2) is 0 Å². The summed E-state index contributed by atoms with van der Waals surface area (Å²) in [7, 11) is 0. The van der Waals surface area contributed by atoms with Gasteiger partial charge in [-0.1, -0.05) is 0 Å². The number of aliphatic carboxylic acids is 1. The van der Waals surface area contributed by atoms with Crippen molar-refractivity contribution in [1.82, 2.24) is 0 Å². The molecule has 1 aliphatic rings. The van der Waals surface area contributed by atoms with E-state index in [1.54, 1.807) is 0 Å². The number of nitrogens with one attached hydrogen (secondary N) is 1. The molecule has 0 bridgehead atoms. The third-order valence-electron chi connectivity index (χ3n) is 3.06. The van der Waals surface area contributed by atoms with Crippen LogP contribution >= 0.6 is 0 Å². The van der Waals surface area contributed by atoms with Crippen LogP contribution < -0.4 is 5.32 Å². The molecule has 1 heterocycles. The molecule has 0 amide bonds. The number of alkyl halides is 3. The van der Waals surface area contributed by atoms with Crippen molar-refractivity contribution >= 4 is 11.7 Å². The molecule has 1 aromatic rings. The molecule has 0 radical (unpaired) electrons. The quantitative estimate of drug-likeness (QED) is 0.820. The van der Waals surface area contributed by atoms with Crippen molar-refractivity contribution in [3.8, 4) is 6.07 Å². The number of hydrogen-bond acceptors (Lipinski definition) is 3. The first-order chi connectivity index (χ1) is 8.82. The molecule has 2 N–H and O–H groups in total. The summed E-state index contributed by atoms with van der Waals surface area (Å²) in [6.45, 7) is 0. The Labute approximate surface area is 106 Å². The Morgan fingerprint density at radius 3 is 2.68 bits per heavy atom. The Kier molecular flexibility index (Phi) is 3.10. The van der Waals surface area contributed by atoms with E-state index in [9.17, 15) is 18.0 Å². The van der Waals surface area contributed by atoms with Crippen LogP contribution in [0, 0.1) is 17.2 Å². The van der Waals surface area contributed by atoms with Crippen LogP contribution in [-0.2, 0) is 11.2 Å². The zero-order valence-electron chi connectivity index (χ0n) is 9.53. The normalized spacial score (nSPS) is 22.0. The van der Waals surface area contributed by atoms with E-state index in [1.807, 2.05) is 6.07 Å². The summed E-state index contributed by atoms with van der Waals surface area (Å²) < 4.78 is 38.4. The molecular formula is C12H9F3N2O2. The average molecular weight is 270 g/mol. The highest BCUT2D eigenvalue weighted by molar-refractivity contribution is 5.75. The molecule has 7 heteroatoms. The highest BCUT2D eigenvalue weighted by Gasteiger charge is 2.49. The van der Waals surface area contributed by atoms with Gasteiger partial charge in [0, 0.05) is 5.69 Å². The first-order valence-corrected chi connectivity index (χ1v) is 5.42. The second-order valence-corrected chi connectivity index (χ2v) is 4.30. The minimum atomic E-state index is -4.64. The van der Waals surface area contributed by atoms with Crippen LogP contribution in [0.15, 0.2) is 18.2 Å². The molecule has 0 aliphatic carbocycles. The second-order valence-electron chi connectivity index (χ2n) is 4.30. The molecule has 2 rings (SSSR count). The van der Waals surface area contributed by atoms with Crippen molar-refractivity contribution in [2.45, 2.75) is 18.6 Å². The Balaban J connectivity index is 2.42. The van der Waals surface area contributed by atoms with Crippen LogP contribution in [-0.4, -0.2) is 23.3 Å². The summed E-state index contributed by atoms with van der Waals surface area (Å²) in [5.74, 6) is -3.11. The van der Waals surface area contributed by atoms with E-state index >= 15 is 0 Å². The van der Waals surface area contributed by atoms with Crippen molar-refractivity contribution < 1.29 is 23.1 Å². The Morgan fingerprint density at radius 1 is 1.47 bits per heavy atom. The monoisotopic (exact) mass is 270 g/mol. The molecule has 2 unspecified atom stereocenters. The first kappa shape index (κ1) is 13.2. The number of benzene rings is 1. The standard InChI is InChI=1S/C12H9F3N2O2/c13-12(14,15)10-8(11(18)19)4-7-3-6(5-16)1-2-9(7)17-10/h1-3,8,10,17H,4H2,(H,18,19). The highest BCUT2D eigenvalue weighted by Crippen LogP contribution is 2.37. The number of hydrogen-bond donors (Lipinski definition) is 2. The fraction of sp³-hybridized carbons (Fsp3) is 0.333. The van der Waals surface area contributed by atoms with E-state index in [4.69, 9.17) is 10.4 Å². The summed E-state index contributed by atoms with van der Waals surface area (Å²) in [5.41, 5.74) is 0.918. The Morgan fingerprint density at radius 2 is 2.16 bits per heavy atom. The van der Waals surface area contributed by atoms with E-state index in [-0.39, 0.29) is 17.7 Å². The lowest BCUT2D eigenvalue weighted by Gasteiger charge is -2.33. The predicted octanol–water partition coefficient (Wildman–Crippen LogP) is 2.16. The maximum absolute atomic E-state index is 12.8. The van der Waals surface area contributed by atoms with Crippen molar-refractivity contribution in [1.29, 1.82) is 5.26 Å². The molecule has 100 valence electrons. The smallest absolute Gasteiger partial charge is 0.409 e.